The molecule has 4 aliphatic carbocycles. The van der Waals surface area contributed by atoms with E-state index in [1.54, 1.807) is 0 Å². The van der Waals surface area contributed by atoms with Gasteiger partial charge in [-0.15, -0.1) is 0 Å². The summed E-state index contributed by atoms with van der Waals surface area (Å²) in [5.41, 5.74) is -5.87. The normalized spacial score (nSPS) is 50.6. The van der Waals surface area contributed by atoms with Crippen LogP contribution in [0.15, 0.2) is 0 Å². The molecule has 0 aliphatic heterocycles. The Morgan fingerprint density at radius 2 is 1.66 bits per heavy atom. The van der Waals surface area contributed by atoms with Crippen LogP contribution in [0.1, 0.15) is 85.5 Å². The quantitative estimate of drug-likeness (QED) is 0.213. The molecule has 222 valence electrons. The maximum absolute atomic E-state index is 12.7. The van der Waals surface area contributed by atoms with E-state index in [4.69, 9.17) is 4.18 Å². The second-order valence-corrected chi connectivity index (χ2v) is 14.7. The minimum absolute atomic E-state index is 0.0241. The lowest BCUT2D eigenvalue weighted by molar-refractivity contribution is -0.335. The molecule has 10 nitrogen and oxygen atoms in total. The second kappa shape index (κ2) is 10.2. The zero-order valence-corrected chi connectivity index (χ0v) is 23.8. The summed E-state index contributed by atoms with van der Waals surface area (Å²) in [5.74, 6) is -1.37. The van der Waals surface area contributed by atoms with Crippen LogP contribution in [0, 0.1) is 40.4 Å². The highest BCUT2D eigenvalue weighted by molar-refractivity contribution is 7.80. The predicted molar refractivity (Wildman–Crippen MR) is 138 cm³/mol. The van der Waals surface area contributed by atoms with Crippen LogP contribution in [0.25, 0.3) is 0 Å². The molecule has 4 fully saturated rings. The summed E-state index contributed by atoms with van der Waals surface area (Å²) in [5, 5.41) is 67.0. The summed E-state index contributed by atoms with van der Waals surface area (Å²) in [4.78, 5) is 0. The minimum Gasteiger partial charge on any atom is -0.396 e. The second-order valence-electron chi connectivity index (χ2n) is 13.6. The van der Waals surface area contributed by atoms with E-state index < -0.39 is 68.7 Å². The van der Waals surface area contributed by atoms with Crippen molar-refractivity contribution in [1.29, 1.82) is 0 Å². The number of rotatable bonds is 8. The van der Waals surface area contributed by atoms with Gasteiger partial charge in [-0.3, -0.25) is 4.55 Å². The van der Waals surface area contributed by atoms with Gasteiger partial charge in [0.2, 0.25) is 0 Å². The van der Waals surface area contributed by atoms with Gasteiger partial charge in [0.1, 0.15) is 17.3 Å². The molecular formula is C27H48O10S. The largest absolute Gasteiger partial charge is 0.397 e. The molecule has 4 aliphatic rings. The Morgan fingerprint density at radius 3 is 2.26 bits per heavy atom. The highest BCUT2D eigenvalue weighted by Crippen LogP contribution is 2.71. The van der Waals surface area contributed by atoms with Gasteiger partial charge in [-0.2, -0.15) is 8.42 Å². The van der Waals surface area contributed by atoms with Crippen molar-refractivity contribution in [3.8, 4) is 0 Å². The highest BCUT2D eigenvalue weighted by Gasteiger charge is 2.79. The molecule has 0 saturated heterocycles. The maximum atomic E-state index is 12.7. The van der Waals surface area contributed by atoms with Crippen LogP contribution in [0.5, 0.6) is 0 Å². The van der Waals surface area contributed by atoms with Gasteiger partial charge in [-0.05, 0) is 67.6 Å². The van der Waals surface area contributed by atoms with Crippen LogP contribution in [0.4, 0.5) is 0 Å². The van der Waals surface area contributed by atoms with Crippen LogP contribution in [-0.2, 0) is 14.6 Å². The third-order valence-corrected chi connectivity index (χ3v) is 12.1. The lowest BCUT2D eigenvalue weighted by atomic mass is 9.40. The van der Waals surface area contributed by atoms with E-state index in [1.807, 2.05) is 27.7 Å². The summed E-state index contributed by atoms with van der Waals surface area (Å²) < 4.78 is 38.8. The average molecular weight is 565 g/mol. The zero-order valence-electron chi connectivity index (χ0n) is 23.0. The molecule has 0 unspecified atom stereocenters. The van der Waals surface area contributed by atoms with Crippen LogP contribution < -0.4 is 0 Å². The number of aliphatic hydroxyl groups excluding tert-OH is 4. The van der Waals surface area contributed by atoms with Gasteiger partial charge in [-0.25, -0.2) is 4.18 Å². The van der Waals surface area contributed by atoms with Gasteiger partial charge >= 0.3 is 10.4 Å². The predicted octanol–water partition coefficient (Wildman–Crippen LogP) is 1.41. The molecule has 0 radical (unpaired) electrons. The molecule has 7 N–H and O–H groups in total. The van der Waals surface area contributed by atoms with E-state index in [9.17, 15) is 43.6 Å². The van der Waals surface area contributed by atoms with E-state index in [0.717, 1.165) is 19.3 Å². The minimum atomic E-state index is -4.97. The van der Waals surface area contributed by atoms with Crippen LogP contribution >= 0.6 is 0 Å². The van der Waals surface area contributed by atoms with E-state index >= 15 is 0 Å². The van der Waals surface area contributed by atoms with Crippen molar-refractivity contribution in [2.24, 2.45) is 40.4 Å². The van der Waals surface area contributed by atoms with Gasteiger partial charge in [-0.1, -0.05) is 40.5 Å². The lowest BCUT2D eigenvalue weighted by Crippen LogP contribution is -2.78. The van der Waals surface area contributed by atoms with Crippen molar-refractivity contribution in [2.75, 3.05) is 6.61 Å². The molecule has 0 aromatic carbocycles. The number of fused-ring (bicyclic) bond motifs is 5. The summed E-state index contributed by atoms with van der Waals surface area (Å²) in [6, 6.07) is 0. The summed E-state index contributed by atoms with van der Waals surface area (Å²) in [6.45, 7) is 7.83. The molecule has 0 aromatic rings. The lowest BCUT2D eigenvalue weighted by Gasteiger charge is -2.69. The van der Waals surface area contributed by atoms with E-state index in [1.165, 1.54) is 0 Å². The molecule has 0 bridgehead atoms. The van der Waals surface area contributed by atoms with Crippen molar-refractivity contribution in [3.05, 3.63) is 0 Å². The van der Waals surface area contributed by atoms with Crippen molar-refractivity contribution >= 4 is 10.4 Å². The van der Waals surface area contributed by atoms with Crippen LogP contribution in [0.3, 0.4) is 0 Å². The zero-order chi connectivity index (χ0) is 28.5. The van der Waals surface area contributed by atoms with Crippen molar-refractivity contribution in [2.45, 2.75) is 121 Å². The molecule has 38 heavy (non-hydrogen) atoms. The molecule has 0 heterocycles. The molecule has 0 amide bonds. The van der Waals surface area contributed by atoms with Crippen molar-refractivity contribution in [3.63, 3.8) is 0 Å². The molecule has 11 heteroatoms. The first-order chi connectivity index (χ1) is 17.5. The summed E-state index contributed by atoms with van der Waals surface area (Å²) >= 11 is 0. The summed E-state index contributed by atoms with van der Waals surface area (Å²) in [6.07, 6.45) is -0.981. The molecule has 13 atom stereocenters. The third kappa shape index (κ3) is 4.48. The molecular weight excluding hydrogens is 516 g/mol. The Bertz CT molecular complexity index is 977. The Morgan fingerprint density at radius 1 is 1.00 bits per heavy atom. The van der Waals surface area contributed by atoms with E-state index in [-0.39, 0.29) is 43.6 Å². The van der Waals surface area contributed by atoms with Gasteiger partial charge < -0.3 is 30.6 Å². The average Bonchev–Trinajstić information content (AvgIpc) is 3.03. The molecule has 0 spiro atoms. The molecule has 0 aromatic heterocycles. The highest BCUT2D eigenvalue weighted by atomic mass is 32.3. The smallest absolute Gasteiger partial charge is 0.396 e. The van der Waals surface area contributed by atoms with Gasteiger partial charge in [0.05, 0.1) is 18.3 Å². The first-order valence-electron chi connectivity index (χ1n) is 14.2. The van der Waals surface area contributed by atoms with E-state index in [0.29, 0.717) is 19.3 Å². The van der Waals surface area contributed by atoms with Gasteiger partial charge in [0, 0.05) is 24.4 Å². The SMILES string of the molecule is C[C@@H](CO)CCC[C@@H](C)[C@H]1C[C@H](OS(=O)(=O)O)[C@]2(O)[C@]1(C)CC[C@@H]1[C@@]3(C)CC[C@H](O)[C@H](O)[C@@H]3[C@@H](O)C[C@]12O. The monoisotopic (exact) mass is 564 g/mol. The first-order valence-corrected chi connectivity index (χ1v) is 15.6. The Labute approximate surface area is 226 Å². The van der Waals surface area contributed by atoms with Crippen molar-refractivity contribution < 1.29 is 47.8 Å². The molecule has 4 saturated carbocycles. The van der Waals surface area contributed by atoms with E-state index in [2.05, 4.69) is 0 Å². The fraction of sp³-hybridized carbons (Fsp3) is 1.00. The van der Waals surface area contributed by atoms with Crippen LogP contribution in [-0.4, -0.2) is 85.8 Å². The maximum Gasteiger partial charge on any atom is 0.397 e. The summed E-state index contributed by atoms with van der Waals surface area (Å²) in [7, 11) is -4.97. The first kappa shape index (κ1) is 30.6. The fourth-order valence-electron chi connectivity index (χ4n) is 9.72. The van der Waals surface area contributed by atoms with Gasteiger partial charge in [0.15, 0.2) is 0 Å². The Balaban J connectivity index is 1.75. The number of hydrogen-bond acceptors (Lipinski definition) is 9. The standard InChI is InChI=1S/C27H48O10S/c1-15(14-28)6-5-7-16(2)17-12-21(37-38(34,35)36)27(33)25(17,4)11-9-20-24(3)10-8-18(29)23(31)22(24)19(30)13-26(20,27)32/h15-23,28-33H,5-14H2,1-4H3,(H,34,35,36)/t15-,16-,17-,18+,19+,20-,21+,22+,23+,24-,25-,26+,27+/m1/s1. The topological polar surface area (TPSA) is 185 Å². The Hall–Kier alpha value is -0.370. The van der Waals surface area contributed by atoms with Gasteiger partial charge in [0.25, 0.3) is 0 Å². The number of hydrogen-bond donors (Lipinski definition) is 7. The van der Waals surface area contributed by atoms with Crippen LogP contribution in [0.2, 0.25) is 0 Å². The fourth-order valence-corrected chi connectivity index (χ4v) is 10.2. The Kier molecular flexibility index (Phi) is 8.18. The molecule has 4 rings (SSSR count). The third-order valence-electron chi connectivity index (χ3n) is 11.6. The van der Waals surface area contributed by atoms with Crippen molar-refractivity contribution in [1.82, 2.24) is 0 Å². The number of aliphatic hydroxyl groups is 6.